The molecule has 18 heavy (non-hydrogen) atoms. The maximum absolute atomic E-state index is 11.8. The third-order valence-electron chi connectivity index (χ3n) is 2.95. The lowest BCUT2D eigenvalue weighted by molar-refractivity contribution is 0.363. The second-order valence-electron chi connectivity index (χ2n) is 4.23. The van der Waals surface area contributed by atoms with E-state index in [-0.39, 0.29) is 0 Å². The van der Waals surface area contributed by atoms with Gasteiger partial charge < -0.3 is 4.90 Å². The van der Waals surface area contributed by atoms with Crippen molar-refractivity contribution in [2.24, 2.45) is 4.99 Å². The Hall–Kier alpha value is -1.40. The normalized spacial score (nSPS) is 18.9. The van der Waals surface area contributed by atoms with E-state index in [0.717, 1.165) is 13.1 Å². The summed E-state index contributed by atoms with van der Waals surface area (Å²) in [5.74, 6) is 0.454. The average Bonchev–Trinajstić information content (AvgIpc) is 2.62. The summed E-state index contributed by atoms with van der Waals surface area (Å²) in [5.41, 5.74) is 0.664. The van der Waals surface area contributed by atoms with Gasteiger partial charge in [-0.1, -0.05) is 19.1 Å². The van der Waals surface area contributed by atoms with Gasteiger partial charge in [-0.3, -0.25) is 9.71 Å². The van der Waals surface area contributed by atoms with Crippen LogP contribution in [0.1, 0.15) is 12.5 Å². The Kier molecular flexibility index (Phi) is 3.68. The predicted molar refractivity (Wildman–Crippen MR) is 71.3 cm³/mol. The Labute approximate surface area is 108 Å². The maximum Gasteiger partial charge on any atom is 0.263 e. The molecule has 0 amide bonds. The lowest BCUT2D eigenvalue weighted by atomic mass is 10.2. The van der Waals surface area contributed by atoms with E-state index in [2.05, 4.69) is 21.5 Å². The first-order valence-corrected chi connectivity index (χ1v) is 7.38. The summed E-state index contributed by atoms with van der Waals surface area (Å²) >= 11 is 0. The van der Waals surface area contributed by atoms with E-state index in [1.165, 1.54) is 0 Å². The van der Waals surface area contributed by atoms with Crippen LogP contribution >= 0.6 is 0 Å². The minimum absolute atomic E-state index is 0.313. The molecule has 0 unspecified atom stereocenters. The van der Waals surface area contributed by atoms with Crippen LogP contribution in [0.15, 0.2) is 34.2 Å². The van der Waals surface area contributed by atoms with Crippen molar-refractivity contribution in [1.82, 2.24) is 9.62 Å². The molecule has 0 spiro atoms. The molecule has 6 heteroatoms. The number of amidine groups is 1. The van der Waals surface area contributed by atoms with Crippen molar-refractivity contribution in [3.8, 4) is 0 Å². The van der Waals surface area contributed by atoms with Crippen molar-refractivity contribution in [3.63, 3.8) is 0 Å². The van der Waals surface area contributed by atoms with Crippen LogP contribution in [0.3, 0.4) is 0 Å². The number of sulfonamides is 1. The molecule has 0 fully saturated rings. The maximum atomic E-state index is 11.8. The lowest BCUT2D eigenvalue weighted by Gasteiger charge is -2.11. The monoisotopic (exact) mass is 267 g/mol. The molecule has 1 aromatic carbocycles. The van der Waals surface area contributed by atoms with Crippen molar-refractivity contribution in [3.05, 3.63) is 29.8 Å². The van der Waals surface area contributed by atoms with Crippen LogP contribution in [-0.2, 0) is 10.0 Å². The van der Waals surface area contributed by atoms with Crippen molar-refractivity contribution in [2.75, 3.05) is 26.7 Å². The van der Waals surface area contributed by atoms with Crippen LogP contribution < -0.4 is 4.72 Å². The summed E-state index contributed by atoms with van der Waals surface area (Å²) in [6.45, 7) is 4.41. The third-order valence-corrected chi connectivity index (χ3v) is 4.35. The zero-order chi connectivity index (χ0) is 13.2. The van der Waals surface area contributed by atoms with Gasteiger partial charge in [-0.15, -0.1) is 0 Å². The van der Waals surface area contributed by atoms with E-state index >= 15 is 0 Å². The van der Waals surface area contributed by atoms with Crippen molar-refractivity contribution >= 4 is 15.9 Å². The van der Waals surface area contributed by atoms with E-state index in [1.807, 2.05) is 13.1 Å². The molecule has 98 valence electrons. The summed E-state index contributed by atoms with van der Waals surface area (Å²) in [7, 11) is -1.40. The smallest absolute Gasteiger partial charge is 0.263 e. The zero-order valence-corrected chi connectivity index (χ0v) is 11.4. The summed E-state index contributed by atoms with van der Waals surface area (Å²) in [4.78, 5) is 6.77. The van der Waals surface area contributed by atoms with E-state index in [9.17, 15) is 8.42 Å². The third kappa shape index (κ3) is 2.54. The van der Waals surface area contributed by atoms with Crippen LogP contribution in [0.5, 0.6) is 0 Å². The van der Waals surface area contributed by atoms with Crippen molar-refractivity contribution in [1.29, 1.82) is 0 Å². The first-order valence-electron chi connectivity index (χ1n) is 5.90. The quantitative estimate of drug-likeness (QED) is 0.872. The van der Waals surface area contributed by atoms with Gasteiger partial charge in [0.1, 0.15) is 5.84 Å². The fraction of sp³-hybridized carbons (Fsp3) is 0.417. The predicted octanol–water partition coefficient (Wildman–Crippen LogP) is 0.677. The number of hydrogen-bond donors (Lipinski definition) is 1. The van der Waals surface area contributed by atoms with Gasteiger partial charge >= 0.3 is 0 Å². The van der Waals surface area contributed by atoms with Crippen LogP contribution in [0.4, 0.5) is 0 Å². The standard InChI is InChI=1S/C12H17N3O2S/c1-3-15(2)9-8-13-12-10-6-4-5-7-11(10)18(16,17)14-12/h4-7H,3,8-9H2,1-2H3,(H,13,14). The van der Waals surface area contributed by atoms with Gasteiger partial charge in [0, 0.05) is 12.1 Å². The summed E-state index contributed by atoms with van der Waals surface area (Å²) < 4.78 is 26.1. The lowest BCUT2D eigenvalue weighted by Crippen LogP contribution is -2.25. The highest BCUT2D eigenvalue weighted by Crippen LogP contribution is 2.21. The van der Waals surface area contributed by atoms with Crippen LogP contribution in [0.25, 0.3) is 0 Å². The Bertz CT molecular complexity index is 566. The first kappa shape index (κ1) is 13.0. The van der Waals surface area contributed by atoms with Gasteiger partial charge in [-0.25, -0.2) is 8.42 Å². The van der Waals surface area contributed by atoms with Gasteiger partial charge in [0.25, 0.3) is 10.0 Å². The van der Waals surface area contributed by atoms with Gasteiger partial charge in [0.2, 0.25) is 0 Å². The molecule has 1 aliphatic heterocycles. The minimum atomic E-state index is -3.41. The van der Waals surface area contributed by atoms with E-state index in [0.29, 0.717) is 22.8 Å². The second kappa shape index (κ2) is 5.07. The molecule has 2 rings (SSSR count). The molecule has 1 aromatic rings. The number of nitrogens with zero attached hydrogens (tertiary/aromatic N) is 2. The zero-order valence-electron chi connectivity index (χ0n) is 10.5. The van der Waals surface area contributed by atoms with Crippen LogP contribution in [0.2, 0.25) is 0 Å². The van der Waals surface area contributed by atoms with Crippen molar-refractivity contribution in [2.45, 2.75) is 11.8 Å². The summed E-state index contributed by atoms with van der Waals surface area (Å²) in [6, 6.07) is 6.90. The molecule has 1 aliphatic rings. The molecule has 0 bridgehead atoms. The number of aliphatic imine (C=N–C) groups is 1. The first-order chi connectivity index (χ1) is 8.54. The van der Waals surface area contributed by atoms with Crippen LogP contribution in [0, 0.1) is 0 Å². The van der Waals surface area contributed by atoms with Crippen molar-refractivity contribution < 1.29 is 8.42 Å². The van der Waals surface area contributed by atoms with E-state index < -0.39 is 10.0 Å². The van der Waals surface area contributed by atoms with Gasteiger partial charge in [-0.05, 0) is 25.7 Å². The Balaban J connectivity index is 2.20. The topological polar surface area (TPSA) is 61.8 Å². The SMILES string of the molecule is CCN(C)CCN=C1NS(=O)(=O)c2ccccc21. The fourth-order valence-electron chi connectivity index (χ4n) is 1.74. The summed E-state index contributed by atoms with van der Waals surface area (Å²) in [5, 5.41) is 0. The molecule has 0 saturated heterocycles. The molecular formula is C12H17N3O2S. The second-order valence-corrected chi connectivity index (χ2v) is 5.88. The number of likely N-dealkylation sites (N-methyl/N-ethyl adjacent to an activating group) is 1. The molecule has 0 aromatic heterocycles. The fourth-order valence-corrected chi connectivity index (χ4v) is 2.99. The van der Waals surface area contributed by atoms with Gasteiger partial charge in [0.05, 0.1) is 11.4 Å². The molecule has 1 heterocycles. The highest BCUT2D eigenvalue weighted by Gasteiger charge is 2.29. The highest BCUT2D eigenvalue weighted by molar-refractivity contribution is 7.90. The largest absolute Gasteiger partial charge is 0.305 e. The number of rotatable bonds is 4. The van der Waals surface area contributed by atoms with E-state index in [4.69, 9.17) is 0 Å². The Morgan fingerprint density at radius 1 is 1.33 bits per heavy atom. The highest BCUT2D eigenvalue weighted by atomic mass is 32.2. The Morgan fingerprint density at radius 3 is 2.78 bits per heavy atom. The number of hydrogen-bond acceptors (Lipinski definition) is 4. The number of benzene rings is 1. The molecule has 0 saturated carbocycles. The molecule has 0 aliphatic carbocycles. The number of fused-ring (bicyclic) bond motifs is 1. The molecule has 0 atom stereocenters. The average molecular weight is 267 g/mol. The van der Waals surface area contributed by atoms with Crippen LogP contribution in [-0.4, -0.2) is 45.8 Å². The number of nitrogens with one attached hydrogen (secondary N) is 1. The van der Waals surface area contributed by atoms with E-state index in [1.54, 1.807) is 18.2 Å². The Morgan fingerprint density at radius 2 is 2.06 bits per heavy atom. The molecular weight excluding hydrogens is 250 g/mol. The molecule has 0 radical (unpaired) electrons. The minimum Gasteiger partial charge on any atom is -0.305 e. The molecule has 5 nitrogen and oxygen atoms in total. The molecule has 1 N–H and O–H groups in total. The summed E-state index contributed by atoms with van der Waals surface area (Å²) in [6.07, 6.45) is 0. The van der Waals surface area contributed by atoms with Gasteiger partial charge in [0.15, 0.2) is 0 Å². The van der Waals surface area contributed by atoms with Gasteiger partial charge in [-0.2, -0.15) is 0 Å².